The zero-order chi connectivity index (χ0) is 30.4. The normalized spacial score (nSPS) is 18.1. The number of nitrogens with zero attached hydrogens (tertiary/aromatic N) is 3. The molecule has 1 aromatic heterocycles. The van der Waals surface area contributed by atoms with Gasteiger partial charge in [0.1, 0.15) is 16.7 Å². The van der Waals surface area contributed by atoms with Crippen LogP contribution in [0.3, 0.4) is 0 Å². The third kappa shape index (κ3) is 6.09. The van der Waals surface area contributed by atoms with E-state index in [9.17, 15) is 36.3 Å². The van der Waals surface area contributed by atoms with E-state index in [0.717, 1.165) is 4.31 Å². The van der Waals surface area contributed by atoms with E-state index in [-0.39, 0.29) is 33.6 Å². The summed E-state index contributed by atoms with van der Waals surface area (Å²) >= 11 is 6.17. The molecule has 40 heavy (non-hydrogen) atoms. The number of carbonyl (C=O) groups excluding carboxylic acids is 1. The monoisotopic (exact) mass is 610 g/mol. The van der Waals surface area contributed by atoms with Gasteiger partial charge in [-0.1, -0.05) is 11.6 Å². The molecule has 16 heteroatoms. The Labute approximate surface area is 234 Å². The number of aliphatic carboxylic acids is 1. The molecular weight excluding hydrogens is 581 g/mol. The highest BCUT2D eigenvalue weighted by molar-refractivity contribution is 7.93. The number of anilines is 2. The molecule has 0 saturated heterocycles. The maximum absolute atomic E-state index is 14.0. The molecule has 222 valence electrons. The summed E-state index contributed by atoms with van der Waals surface area (Å²) in [5, 5.41) is 15.5. The molecule has 1 aromatic carbocycles. The van der Waals surface area contributed by atoms with Crippen molar-refractivity contribution in [3.8, 4) is 5.75 Å². The van der Waals surface area contributed by atoms with Gasteiger partial charge in [0.05, 0.1) is 17.1 Å². The summed E-state index contributed by atoms with van der Waals surface area (Å²) in [5.74, 6) is -1.09. The number of aromatic nitrogens is 2. The number of nitrogens with one attached hydrogen (secondary N) is 1. The van der Waals surface area contributed by atoms with Crippen molar-refractivity contribution in [3.63, 3.8) is 0 Å². The van der Waals surface area contributed by atoms with Gasteiger partial charge in [-0.2, -0.15) is 18.3 Å². The van der Waals surface area contributed by atoms with Crippen molar-refractivity contribution >= 4 is 45.1 Å². The Morgan fingerprint density at radius 3 is 2.38 bits per heavy atom. The number of benzene rings is 1. The van der Waals surface area contributed by atoms with Crippen LogP contribution in [0.4, 0.5) is 29.3 Å². The summed E-state index contributed by atoms with van der Waals surface area (Å²) in [4.78, 5) is 23.8. The standard InChI is InChI=1S/C24H30ClF3N4O7S/c1-7-31-12-18(19(25)30-31)40(36,37)32-13(2)17(11-22(3,4)20(33)34)38-16-9-8-14(10-15(16)32)29-21(35)39-23(5,6)24(26,27)28/h8-10,12-13,17H,7,11H2,1-6H3,(H,29,35)(H,33,34)/t13-,17+/m0/s1. The maximum Gasteiger partial charge on any atom is 0.427 e. The number of hydrogen-bond acceptors (Lipinski definition) is 7. The third-order valence-corrected chi connectivity index (χ3v) is 8.79. The average molecular weight is 611 g/mol. The summed E-state index contributed by atoms with van der Waals surface area (Å²) in [7, 11) is -4.45. The highest BCUT2D eigenvalue weighted by Gasteiger charge is 2.51. The van der Waals surface area contributed by atoms with E-state index in [4.69, 9.17) is 16.3 Å². The molecule has 0 spiro atoms. The number of amides is 1. The van der Waals surface area contributed by atoms with Gasteiger partial charge in [-0.3, -0.25) is 19.1 Å². The number of carboxylic acid groups (broad SMARTS) is 1. The predicted octanol–water partition coefficient (Wildman–Crippen LogP) is 5.29. The molecule has 0 aliphatic carbocycles. The molecule has 2 heterocycles. The molecular formula is C24H30ClF3N4O7S. The second-order valence-electron chi connectivity index (χ2n) is 10.4. The van der Waals surface area contributed by atoms with Crippen molar-refractivity contribution in [2.45, 2.75) is 83.3 Å². The van der Waals surface area contributed by atoms with Crippen molar-refractivity contribution in [3.05, 3.63) is 29.5 Å². The fourth-order valence-corrected chi connectivity index (χ4v) is 6.04. The number of alkyl halides is 3. The molecule has 2 atom stereocenters. The zero-order valence-corrected chi connectivity index (χ0v) is 24.1. The van der Waals surface area contributed by atoms with Gasteiger partial charge in [-0.05, 0) is 59.7 Å². The Morgan fingerprint density at radius 2 is 1.85 bits per heavy atom. The first-order valence-electron chi connectivity index (χ1n) is 12.1. The SMILES string of the molecule is CCn1cc(S(=O)(=O)N2c3cc(NC(=O)OC(C)(C)C(F)(F)F)ccc3O[C@H](CC(C)(C)C(=O)O)[C@@H]2C)c(Cl)n1. The molecule has 0 radical (unpaired) electrons. The van der Waals surface area contributed by atoms with E-state index >= 15 is 0 Å². The number of rotatable bonds is 8. The lowest BCUT2D eigenvalue weighted by atomic mass is 9.84. The van der Waals surface area contributed by atoms with Crippen LogP contribution in [0.15, 0.2) is 29.3 Å². The van der Waals surface area contributed by atoms with Crippen LogP contribution >= 0.6 is 11.6 Å². The lowest BCUT2D eigenvalue weighted by molar-refractivity contribution is -0.242. The molecule has 1 aliphatic rings. The van der Waals surface area contributed by atoms with Gasteiger partial charge in [0, 0.05) is 24.8 Å². The fourth-order valence-electron chi connectivity index (χ4n) is 3.90. The second-order valence-corrected chi connectivity index (χ2v) is 12.6. The number of ether oxygens (including phenoxy) is 2. The average Bonchev–Trinajstić information content (AvgIpc) is 3.20. The fraction of sp³-hybridized carbons (Fsp3) is 0.542. The van der Waals surface area contributed by atoms with E-state index in [0.29, 0.717) is 20.4 Å². The Bertz CT molecular complexity index is 1410. The highest BCUT2D eigenvalue weighted by atomic mass is 35.5. The van der Waals surface area contributed by atoms with Crippen LogP contribution < -0.4 is 14.4 Å². The molecule has 3 rings (SSSR count). The number of hydrogen-bond donors (Lipinski definition) is 2. The van der Waals surface area contributed by atoms with Crippen molar-refractivity contribution < 1.29 is 45.8 Å². The minimum atomic E-state index is -4.84. The molecule has 1 amide bonds. The number of carboxylic acids is 1. The minimum Gasteiger partial charge on any atom is -0.486 e. The van der Waals surface area contributed by atoms with Gasteiger partial charge < -0.3 is 14.6 Å². The Morgan fingerprint density at radius 1 is 1.23 bits per heavy atom. The van der Waals surface area contributed by atoms with Crippen LogP contribution in [0.25, 0.3) is 0 Å². The predicted molar refractivity (Wildman–Crippen MR) is 139 cm³/mol. The smallest absolute Gasteiger partial charge is 0.427 e. The molecule has 2 aromatic rings. The van der Waals surface area contributed by atoms with E-state index in [1.165, 1.54) is 49.8 Å². The molecule has 0 bridgehead atoms. The number of halogens is 4. The summed E-state index contributed by atoms with van der Waals surface area (Å²) in [6.07, 6.45) is -6.01. The van der Waals surface area contributed by atoms with E-state index in [2.05, 4.69) is 15.2 Å². The molecule has 0 fully saturated rings. The van der Waals surface area contributed by atoms with Gasteiger partial charge >= 0.3 is 18.2 Å². The number of sulfonamides is 1. The number of fused-ring (bicyclic) bond motifs is 1. The number of carbonyl (C=O) groups is 2. The summed E-state index contributed by atoms with van der Waals surface area (Å²) in [6.45, 7) is 7.88. The topological polar surface area (TPSA) is 140 Å². The lowest BCUT2D eigenvalue weighted by Gasteiger charge is -2.42. The Hall–Kier alpha value is -3.20. The minimum absolute atomic E-state index is 0.0291. The summed E-state index contributed by atoms with van der Waals surface area (Å²) in [6, 6.07) is 2.81. The Balaban J connectivity index is 2.08. The molecule has 0 unspecified atom stereocenters. The Kier molecular flexibility index (Phi) is 8.34. The van der Waals surface area contributed by atoms with Crippen molar-refractivity contribution in [1.29, 1.82) is 0 Å². The maximum atomic E-state index is 14.0. The molecule has 0 saturated carbocycles. The first-order valence-corrected chi connectivity index (χ1v) is 13.9. The molecule has 1 aliphatic heterocycles. The summed E-state index contributed by atoms with van der Waals surface area (Å²) < 4.78 is 80.3. The summed E-state index contributed by atoms with van der Waals surface area (Å²) in [5.41, 5.74) is -4.23. The van der Waals surface area contributed by atoms with Crippen LogP contribution in [0.2, 0.25) is 5.15 Å². The van der Waals surface area contributed by atoms with Crippen molar-refractivity contribution in [2.75, 3.05) is 9.62 Å². The van der Waals surface area contributed by atoms with Gasteiger partial charge in [0.25, 0.3) is 10.0 Å². The van der Waals surface area contributed by atoms with Crippen LogP contribution in [0.1, 0.15) is 48.0 Å². The van der Waals surface area contributed by atoms with E-state index < -0.39 is 51.4 Å². The van der Waals surface area contributed by atoms with Gasteiger partial charge in [-0.15, -0.1) is 0 Å². The largest absolute Gasteiger partial charge is 0.486 e. The van der Waals surface area contributed by atoms with E-state index in [1.807, 2.05) is 0 Å². The van der Waals surface area contributed by atoms with Crippen molar-refractivity contribution in [2.24, 2.45) is 5.41 Å². The zero-order valence-electron chi connectivity index (χ0n) is 22.5. The molecule has 2 N–H and O–H groups in total. The first kappa shape index (κ1) is 31.3. The van der Waals surface area contributed by atoms with Crippen LogP contribution in [-0.2, 0) is 26.1 Å². The van der Waals surface area contributed by atoms with Gasteiger partial charge in [-0.25, -0.2) is 13.2 Å². The second kappa shape index (κ2) is 10.7. The van der Waals surface area contributed by atoms with Crippen LogP contribution in [0.5, 0.6) is 5.75 Å². The van der Waals surface area contributed by atoms with Gasteiger partial charge in [0.15, 0.2) is 5.15 Å². The van der Waals surface area contributed by atoms with Crippen molar-refractivity contribution in [1.82, 2.24) is 9.78 Å². The molecule has 11 nitrogen and oxygen atoms in total. The number of aryl methyl sites for hydroxylation is 1. The first-order chi connectivity index (χ1) is 18.2. The highest BCUT2D eigenvalue weighted by Crippen LogP contribution is 2.44. The third-order valence-electron chi connectivity index (χ3n) is 6.50. The van der Waals surface area contributed by atoms with E-state index in [1.54, 1.807) is 6.92 Å². The quantitative estimate of drug-likeness (QED) is 0.411. The lowest BCUT2D eigenvalue weighted by Crippen LogP contribution is -2.52. The van der Waals surface area contributed by atoms with Crippen LogP contribution in [-0.4, -0.2) is 59.3 Å². The van der Waals surface area contributed by atoms with Gasteiger partial charge in [0.2, 0.25) is 5.60 Å². The van der Waals surface area contributed by atoms with Crippen LogP contribution in [0, 0.1) is 5.41 Å².